The third-order valence-electron chi connectivity index (χ3n) is 8.25. The van der Waals surface area contributed by atoms with Crippen molar-refractivity contribution < 1.29 is 14.7 Å². The van der Waals surface area contributed by atoms with Gasteiger partial charge in [0.05, 0.1) is 5.71 Å². The van der Waals surface area contributed by atoms with Crippen LogP contribution in [0.2, 0.25) is 0 Å². The largest absolute Gasteiger partial charge is 0.462 e. The fourth-order valence-electron chi connectivity index (χ4n) is 6.92. The number of esters is 1. The van der Waals surface area contributed by atoms with Crippen molar-refractivity contribution in [1.82, 2.24) is 0 Å². The predicted molar refractivity (Wildman–Crippen MR) is 96.5 cm³/mol. The topological polar surface area (TPSA) is 58.9 Å². The van der Waals surface area contributed by atoms with Gasteiger partial charge in [-0.05, 0) is 68.1 Å². The molecule has 0 radical (unpaired) electrons. The van der Waals surface area contributed by atoms with E-state index in [1.54, 1.807) is 0 Å². The molecule has 3 fully saturated rings. The number of oxime groups is 1. The number of rotatable bonds is 1. The zero-order valence-electron chi connectivity index (χ0n) is 15.8. The molecule has 0 heterocycles. The maximum Gasteiger partial charge on any atom is 0.302 e. The van der Waals surface area contributed by atoms with Crippen LogP contribution in [-0.2, 0) is 9.53 Å². The summed E-state index contributed by atoms with van der Waals surface area (Å²) in [5, 5.41) is 13.1. The van der Waals surface area contributed by atoms with E-state index in [2.05, 4.69) is 25.1 Å². The molecule has 4 rings (SSSR count). The van der Waals surface area contributed by atoms with Crippen molar-refractivity contribution in [2.45, 2.75) is 78.2 Å². The number of fused-ring (bicyclic) bond motifs is 5. The lowest BCUT2D eigenvalue weighted by Crippen LogP contribution is -2.50. The van der Waals surface area contributed by atoms with E-state index >= 15 is 0 Å². The third kappa shape index (κ3) is 2.47. The van der Waals surface area contributed by atoms with E-state index in [-0.39, 0.29) is 22.9 Å². The molecule has 0 aromatic rings. The summed E-state index contributed by atoms with van der Waals surface area (Å²) < 4.78 is 5.51. The molecule has 4 aliphatic carbocycles. The van der Waals surface area contributed by atoms with E-state index < -0.39 is 0 Å². The Morgan fingerprint density at radius 1 is 1.20 bits per heavy atom. The van der Waals surface area contributed by atoms with Gasteiger partial charge in [-0.1, -0.05) is 30.7 Å². The van der Waals surface area contributed by atoms with Gasteiger partial charge in [-0.2, -0.15) is 0 Å². The van der Waals surface area contributed by atoms with Gasteiger partial charge in [0.1, 0.15) is 6.10 Å². The molecule has 0 bridgehead atoms. The fraction of sp³-hybridized carbons (Fsp3) is 0.810. The quantitative estimate of drug-likeness (QED) is 0.324. The van der Waals surface area contributed by atoms with E-state index in [1.807, 2.05) is 0 Å². The second-order valence-electron chi connectivity index (χ2n) is 9.28. The van der Waals surface area contributed by atoms with Crippen LogP contribution in [0, 0.1) is 28.6 Å². The molecular formula is C21H31NO3. The number of carbonyl (C=O) groups is 1. The molecule has 0 aromatic heterocycles. The molecule has 1 N–H and O–H groups in total. The molecule has 0 aromatic carbocycles. The average Bonchev–Trinajstić information content (AvgIpc) is 2.91. The van der Waals surface area contributed by atoms with Gasteiger partial charge in [-0.25, -0.2) is 0 Å². The molecule has 0 aliphatic heterocycles. The van der Waals surface area contributed by atoms with Crippen LogP contribution >= 0.6 is 0 Å². The van der Waals surface area contributed by atoms with Crippen LogP contribution in [0.3, 0.4) is 0 Å². The van der Waals surface area contributed by atoms with Crippen LogP contribution in [0.25, 0.3) is 0 Å². The molecule has 0 amide bonds. The zero-order valence-corrected chi connectivity index (χ0v) is 15.8. The molecule has 0 saturated heterocycles. The average molecular weight is 345 g/mol. The van der Waals surface area contributed by atoms with E-state index in [9.17, 15) is 10.0 Å². The summed E-state index contributed by atoms with van der Waals surface area (Å²) in [6, 6.07) is 0. The van der Waals surface area contributed by atoms with Crippen molar-refractivity contribution >= 4 is 11.7 Å². The first-order valence-corrected chi connectivity index (χ1v) is 9.96. The van der Waals surface area contributed by atoms with Gasteiger partial charge < -0.3 is 9.94 Å². The molecule has 0 spiro atoms. The fourth-order valence-corrected chi connectivity index (χ4v) is 6.92. The number of nitrogens with zero attached hydrogens (tertiary/aromatic N) is 1. The molecular weight excluding hydrogens is 314 g/mol. The van der Waals surface area contributed by atoms with Gasteiger partial charge in [0, 0.05) is 18.8 Å². The van der Waals surface area contributed by atoms with Crippen LogP contribution in [0.15, 0.2) is 16.8 Å². The number of carbonyl (C=O) groups excluding carboxylic acids is 1. The van der Waals surface area contributed by atoms with Crippen molar-refractivity contribution in [2.75, 3.05) is 0 Å². The lowest BCUT2D eigenvalue weighted by molar-refractivity contribution is -0.148. The SMILES string of the molecule is CC(=O)O[C@@H]1CC[C@]2(C)C(=CC[C@H]3[C@H]4CC/C(=N/O)[C@]4(C)CC[C@H]32)C1. The zero-order chi connectivity index (χ0) is 17.8. The van der Waals surface area contributed by atoms with E-state index in [4.69, 9.17) is 4.74 Å². The third-order valence-corrected chi connectivity index (χ3v) is 8.25. The maximum atomic E-state index is 11.3. The first-order valence-electron chi connectivity index (χ1n) is 9.96. The van der Waals surface area contributed by atoms with Crippen LogP contribution in [0.5, 0.6) is 0 Å². The lowest BCUT2D eigenvalue weighted by atomic mass is 9.48. The van der Waals surface area contributed by atoms with Gasteiger partial charge in [-0.3, -0.25) is 4.79 Å². The Morgan fingerprint density at radius 3 is 2.64 bits per heavy atom. The smallest absolute Gasteiger partial charge is 0.302 e. The summed E-state index contributed by atoms with van der Waals surface area (Å²) in [5.41, 5.74) is 2.94. The van der Waals surface area contributed by atoms with E-state index in [0.717, 1.165) is 50.2 Å². The number of ether oxygens (including phenoxy) is 1. The highest BCUT2D eigenvalue weighted by Gasteiger charge is 2.58. The van der Waals surface area contributed by atoms with Crippen molar-refractivity contribution in [2.24, 2.45) is 33.7 Å². The Kier molecular flexibility index (Phi) is 4.01. The van der Waals surface area contributed by atoms with Crippen LogP contribution < -0.4 is 0 Å². The lowest BCUT2D eigenvalue weighted by Gasteiger charge is -2.57. The Hall–Kier alpha value is -1.32. The Labute approximate surface area is 150 Å². The molecule has 3 saturated carbocycles. The molecule has 138 valence electrons. The first-order chi connectivity index (χ1) is 11.9. The van der Waals surface area contributed by atoms with Gasteiger partial charge in [-0.15, -0.1) is 0 Å². The summed E-state index contributed by atoms with van der Waals surface area (Å²) in [6.45, 7) is 6.30. The molecule has 4 heteroatoms. The van der Waals surface area contributed by atoms with Crippen molar-refractivity contribution in [3.05, 3.63) is 11.6 Å². The molecule has 4 nitrogen and oxygen atoms in total. The minimum Gasteiger partial charge on any atom is -0.462 e. The summed E-state index contributed by atoms with van der Waals surface area (Å²) in [5.74, 6) is 1.93. The minimum atomic E-state index is -0.155. The number of hydrogen-bond donors (Lipinski definition) is 1. The highest BCUT2D eigenvalue weighted by atomic mass is 16.5. The highest BCUT2D eigenvalue weighted by Crippen LogP contribution is 2.64. The second-order valence-corrected chi connectivity index (χ2v) is 9.28. The number of hydrogen-bond acceptors (Lipinski definition) is 4. The standard InChI is InChI=1S/C21H31NO3/c1-13(23)25-15-8-10-20(2)14(12-15)4-5-16-17-6-7-19(22-24)21(17,3)11-9-18(16)20/h4,15-18,24H,5-12H2,1-3H3/b22-19-/t15-,16+,17-,18-,20-,21-/m1/s1. The molecule has 0 unspecified atom stereocenters. The molecule has 4 aliphatic rings. The normalized spacial score (nSPS) is 47.5. The minimum absolute atomic E-state index is 0.0711. The van der Waals surface area contributed by atoms with Gasteiger partial charge in [0.25, 0.3) is 0 Å². The Balaban J connectivity index is 1.60. The second kappa shape index (κ2) is 5.85. The van der Waals surface area contributed by atoms with Gasteiger partial charge in [0.2, 0.25) is 0 Å². The van der Waals surface area contributed by atoms with E-state index in [0.29, 0.717) is 11.8 Å². The van der Waals surface area contributed by atoms with E-state index in [1.165, 1.54) is 25.3 Å². The summed E-state index contributed by atoms with van der Waals surface area (Å²) in [6.07, 6.45) is 11.2. The molecule has 6 atom stereocenters. The summed E-state index contributed by atoms with van der Waals surface area (Å²) >= 11 is 0. The van der Waals surface area contributed by atoms with Crippen molar-refractivity contribution in [3.63, 3.8) is 0 Å². The monoisotopic (exact) mass is 345 g/mol. The van der Waals surface area contributed by atoms with Crippen molar-refractivity contribution in [3.8, 4) is 0 Å². The first kappa shape index (κ1) is 17.1. The Morgan fingerprint density at radius 2 is 1.92 bits per heavy atom. The predicted octanol–water partition coefficient (Wildman–Crippen LogP) is 4.71. The highest BCUT2D eigenvalue weighted by molar-refractivity contribution is 5.92. The Bertz CT molecular complexity index is 639. The van der Waals surface area contributed by atoms with Crippen LogP contribution in [0.1, 0.15) is 72.1 Å². The van der Waals surface area contributed by atoms with Crippen LogP contribution in [-0.4, -0.2) is 23.0 Å². The summed E-state index contributed by atoms with van der Waals surface area (Å²) in [4.78, 5) is 11.3. The number of allylic oxidation sites excluding steroid dienone is 1. The maximum absolute atomic E-state index is 11.3. The summed E-state index contributed by atoms with van der Waals surface area (Å²) in [7, 11) is 0. The van der Waals surface area contributed by atoms with Gasteiger partial charge >= 0.3 is 5.97 Å². The van der Waals surface area contributed by atoms with Crippen molar-refractivity contribution in [1.29, 1.82) is 0 Å². The van der Waals surface area contributed by atoms with Gasteiger partial charge in [0.15, 0.2) is 0 Å². The molecule has 25 heavy (non-hydrogen) atoms. The van der Waals surface area contributed by atoms with Crippen LogP contribution in [0.4, 0.5) is 0 Å².